The summed E-state index contributed by atoms with van der Waals surface area (Å²) in [5.74, 6) is 1.46. The quantitative estimate of drug-likeness (QED) is 0.772. The molecule has 5 nitrogen and oxygen atoms in total. The first kappa shape index (κ1) is 15.5. The molecule has 0 aromatic carbocycles. The number of hydrogen-bond donors (Lipinski definition) is 2. The van der Waals surface area contributed by atoms with Crippen molar-refractivity contribution in [2.45, 2.75) is 57.5 Å². The Morgan fingerprint density at radius 1 is 1.45 bits per heavy atom. The summed E-state index contributed by atoms with van der Waals surface area (Å²) in [4.78, 5) is 0.258. The van der Waals surface area contributed by atoms with Crippen molar-refractivity contribution in [2.24, 2.45) is 5.92 Å². The summed E-state index contributed by atoms with van der Waals surface area (Å²) in [5.41, 5.74) is 0. The molecule has 1 unspecified atom stereocenters. The van der Waals surface area contributed by atoms with Crippen LogP contribution in [0.5, 0.6) is 0 Å². The summed E-state index contributed by atoms with van der Waals surface area (Å²) in [6.45, 7) is 6.81. The first-order chi connectivity index (χ1) is 9.42. The third-order valence-electron chi connectivity index (χ3n) is 3.67. The summed E-state index contributed by atoms with van der Waals surface area (Å²) < 4.78 is 32.7. The molecular formula is C14H24N2O3S. The third-order valence-corrected chi connectivity index (χ3v) is 5.20. The highest BCUT2D eigenvalue weighted by molar-refractivity contribution is 7.89. The normalized spacial score (nSPS) is 17.4. The van der Waals surface area contributed by atoms with Gasteiger partial charge in [0.15, 0.2) is 0 Å². The van der Waals surface area contributed by atoms with Gasteiger partial charge in [-0.05, 0) is 25.7 Å². The molecule has 1 saturated carbocycles. The van der Waals surface area contributed by atoms with Crippen molar-refractivity contribution in [1.82, 2.24) is 10.0 Å². The van der Waals surface area contributed by atoms with E-state index in [1.54, 1.807) is 13.0 Å². The van der Waals surface area contributed by atoms with Crippen molar-refractivity contribution in [3.63, 3.8) is 0 Å². The lowest BCUT2D eigenvalue weighted by molar-refractivity contribution is 0.456. The van der Waals surface area contributed by atoms with Crippen LogP contribution in [0.1, 0.15) is 44.6 Å². The summed E-state index contributed by atoms with van der Waals surface area (Å²) in [5, 5.41) is 3.32. The fraction of sp³-hybridized carbons (Fsp3) is 0.714. The molecule has 1 aliphatic rings. The van der Waals surface area contributed by atoms with Crippen LogP contribution in [0.4, 0.5) is 0 Å². The van der Waals surface area contributed by atoms with E-state index in [-0.39, 0.29) is 4.90 Å². The molecule has 0 radical (unpaired) electrons. The Morgan fingerprint density at radius 3 is 2.75 bits per heavy atom. The Balaban J connectivity index is 2.01. The predicted octanol–water partition coefficient (Wildman–Crippen LogP) is 2.16. The molecule has 1 aromatic heterocycles. The van der Waals surface area contributed by atoms with Gasteiger partial charge in [0.2, 0.25) is 10.0 Å². The molecular weight excluding hydrogens is 276 g/mol. The number of furan rings is 1. The molecule has 0 amide bonds. The first-order valence-electron chi connectivity index (χ1n) is 7.24. The zero-order valence-electron chi connectivity index (χ0n) is 12.4. The van der Waals surface area contributed by atoms with Gasteiger partial charge in [-0.2, -0.15) is 0 Å². The van der Waals surface area contributed by atoms with Gasteiger partial charge in [0, 0.05) is 18.7 Å². The SMILES string of the molecule is CCC(C)CNS(=O)(=O)c1cc(CNC2CC2)oc1C. The summed E-state index contributed by atoms with van der Waals surface area (Å²) >= 11 is 0. The average Bonchev–Trinajstić information content (AvgIpc) is 3.16. The predicted molar refractivity (Wildman–Crippen MR) is 78.0 cm³/mol. The molecule has 1 atom stereocenters. The second kappa shape index (κ2) is 6.28. The molecule has 1 aromatic rings. The molecule has 0 saturated heterocycles. The van der Waals surface area contributed by atoms with Crippen molar-refractivity contribution in [3.05, 3.63) is 17.6 Å². The zero-order valence-corrected chi connectivity index (χ0v) is 13.2. The Kier molecular flexibility index (Phi) is 4.88. The van der Waals surface area contributed by atoms with E-state index < -0.39 is 10.0 Å². The summed E-state index contributed by atoms with van der Waals surface area (Å²) in [7, 11) is -3.47. The highest BCUT2D eigenvalue weighted by Gasteiger charge is 2.24. The van der Waals surface area contributed by atoms with Crippen LogP contribution in [0.2, 0.25) is 0 Å². The maximum Gasteiger partial charge on any atom is 0.244 e. The number of aryl methyl sites for hydroxylation is 1. The van der Waals surface area contributed by atoms with Crippen LogP contribution in [0.3, 0.4) is 0 Å². The highest BCUT2D eigenvalue weighted by atomic mass is 32.2. The van der Waals surface area contributed by atoms with Crippen molar-refractivity contribution >= 4 is 10.0 Å². The van der Waals surface area contributed by atoms with Gasteiger partial charge in [-0.3, -0.25) is 0 Å². The van der Waals surface area contributed by atoms with Crippen molar-refractivity contribution in [3.8, 4) is 0 Å². The van der Waals surface area contributed by atoms with E-state index >= 15 is 0 Å². The van der Waals surface area contributed by atoms with Crippen molar-refractivity contribution in [1.29, 1.82) is 0 Å². The molecule has 0 aliphatic heterocycles. The van der Waals surface area contributed by atoms with Crippen LogP contribution in [0.15, 0.2) is 15.4 Å². The van der Waals surface area contributed by atoms with Crippen LogP contribution >= 0.6 is 0 Å². The van der Waals surface area contributed by atoms with Gasteiger partial charge in [0.05, 0.1) is 6.54 Å². The topological polar surface area (TPSA) is 71.3 Å². The Labute approximate surface area is 121 Å². The minimum atomic E-state index is -3.47. The van der Waals surface area contributed by atoms with Gasteiger partial charge in [-0.25, -0.2) is 13.1 Å². The van der Waals surface area contributed by atoms with Crippen LogP contribution in [-0.2, 0) is 16.6 Å². The largest absolute Gasteiger partial charge is 0.464 e. The number of nitrogens with one attached hydrogen (secondary N) is 2. The van der Waals surface area contributed by atoms with Gasteiger partial charge >= 0.3 is 0 Å². The van der Waals surface area contributed by atoms with Crippen molar-refractivity contribution in [2.75, 3.05) is 6.54 Å². The van der Waals surface area contributed by atoms with E-state index in [1.807, 2.05) is 13.8 Å². The van der Waals surface area contributed by atoms with E-state index in [1.165, 1.54) is 12.8 Å². The molecule has 1 fully saturated rings. The first-order valence-corrected chi connectivity index (χ1v) is 8.73. The standard InChI is InChI=1S/C14H24N2O3S/c1-4-10(2)8-16-20(17,18)14-7-13(19-11(14)3)9-15-12-5-6-12/h7,10,12,15-16H,4-6,8-9H2,1-3H3. The van der Waals surface area contributed by atoms with Crippen molar-refractivity contribution < 1.29 is 12.8 Å². The van der Waals surface area contributed by atoms with E-state index in [4.69, 9.17) is 4.42 Å². The van der Waals surface area contributed by atoms with Gasteiger partial charge in [-0.15, -0.1) is 0 Å². The molecule has 2 rings (SSSR count). The lowest BCUT2D eigenvalue weighted by atomic mass is 10.1. The van der Waals surface area contributed by atoms with E-state index in [2.05, 4.69) is 10.0 Å². The van der Waals surface area contributed by atoms with Crippen LogP contribution < -0.4 is 10.0 Å². The maximum atomic E-state index is 12.2. The van der Waals surface area contributed by atoms with Gasteiger partial charge in [-0.1, -0.05) is 20.3 Å². The number of hydrogen-bond acceptors (Lipinski definition) is 4. The summed E-state index contributed by atoms with van der Waals surface area (Å²) in [6.07, 6.45) is 3.34. The fourth-order valence-corrected chi connectivity index (χ4v) is 3.25. The second-order valence-electron chi connectivity index (χ2n) is 5.65. The third kappa shape index (κ3) is 4.07. The molecule has 1 aliphatic carbocycles. The van der Waals surface area contributed by atoms with Crippen LogP contribution in [0, 0.1) is 12.8 Å². The second-order valence-corrected chi connectivity index (χ2v) is 7.39. The Bertz CT molecular complexity index is 547. The molecule has 114 valence electrons. The average molecular weight is 300 g/mol. The Morgan fingerprint density at radius 2 is 2.15 bits per heavy atom. The van der Waals surface area contributed by atoms with Crippen LogP contribution in [0.25, 0.3) is 0 Å². The van der Waals surface area contributed by atoms with E-state index in [9.17, 15) is 8.42 Å². The highest BCUT2D eigenvalue weighted by Crippen LogP contribution is 2.23. The van der Waals surface area contributed by atoms with E-state index in [0.717, 1.165) is 6.42 Å². The van der Waals surface area contributed by atoms with Gasteiger partial charge < -0.3 is 9.73 Å². The lowest BCUT2D eigenvalue weighted by Crippen LogP contribution is -2.28. The monoisotopic (exact) mass is 300 g/mol. The minimum Gasteiger partial charge on any atom is -0.464 e. The maximum absolute atomic E-state index is 12.2. The molecule has 2 N–H and O–H groups in total. The minimum absolute atomic E-state index is 0.258. The summed E-state index contributed by atoms with van der Waals surface area (Å²) in [6, 6.07) is 2.20. The molecule has 6 heteroatoms. The Hall–Kier alpha value is -0.850. The lowest BCUT2D eigenvalue weighted by Gasteiger charge is -2.09. The fourth-order valence-electron chi connectivity index (χ4n) is 1.88. The molecule has 1 heterocycles. The van der Waals surface area contributed by atoms with E-state index in [0.29, 0.717) is 36.6 Å². The smallest absolute Gasteiger partial charge is 0.244 e. The van der Waals surface area contributed by atoms with Crippen LogP contribution in [-0.4, -0.2) is 21.0 Å². The molecule has 20 heavy (non-hydrogen) atoms. The number of rotatable bonds is 8. The molecule has 0 spiro atoms. The van der Waals surface area contributed by atoms with Gasteiger partial charge in [0.25, 0.3) is 0 Å². The zero-order chi connectivity index (χ0) is 14.8. The molecule has 0 bridgehead atoms. The van der Waals surface area contributed by atoms with Gasteiger partial charge in [0.1, 0.15) is 16.4 Å². The number of sulfonamides is 1.